The predicted octanol–water partition coefficient (Wildman–Crippen LogP) is 2.43. The summed E-state index contributed by atoms with van der Waals surface area (Å²) in [7, 11) is 0. The van der Waals surface area contributed by atoms with E-state index in [1.54, 1.807) is 31.5 Å². The Hall–Kier alpha value is -3.67. The molecule has 2 fully saturated rings. The number of hydrogen-bond acceptors (Lipinski definition) is 7. The fraction of sp³-hybridized carbons (Fsp3) is 0.407. The first kappa shape index (κ1) is 26.0. The number of aromatic nitrogens is 3. The summed E-state index contributed by atoms with van der Waals surface area (Å²) in [5, 5.41) is 12.2. The highest BCUT2D eigenvalue weighted by Gasteiger charge is 2.38. The molecule has 38 heavy (non-hydrogen) atoms. The van der Waals surface area contributed by atoms with E-state index in [1.807, 2.05) is 12.1 Å². The van der Waals surface area contributed by atoms with Crippen LogP contribution in [0.4, 0.5) is 4.39 Å². The van der Waals surface area contributed by atoms with E-state index in [0.29, 0.717) is 35.9 Å². The first-order valence-corrected chi connectivity index (χ1v) is 12.6. The summed E-state index contributed by atoms with van der Waals surface area (Å²) in [6.45, 7) is 2.77. The highest BCUT2D eigenvalue weighted by molar-refractivity contribution is 6.35. The second-order valence-electron chi connectivity index (χ2n) is 10.00. The molecule has 10 nitrogen and oxygen atoms in total. The Morgan fingerprint density at radius 1 is 1.16 bits per heavy atom. The normalized spacial score (nSPS) is 23.7. The molecule has 2 amide bonds. The van der Waals surface area contributed by atoms with E-state index in [4.69, 9.17) is 14.5 Å². The maximum atomic E-state index is 13.5. The largest absolute Gasteiger partial charge is 0.396 e. The van der Waals surface area contributed by atoms with Crippen molar-refractivity contribution in [2.45, 2.75) is 31.6 Å². The number of aliphatic hydroxyl groups is 1. The van der Waals surface area contributed by atoms with Crippen LogP contribution >= 0.6 is 0 Å². The maximum absolute atomic E-state index is 13.5. The topological polar surface area (TPSA) is 130 Å². The summed E-state index contributed by atoms with van der Waals surface area (Å²) >= 11 is 0. The molecule has 0 aliphatic carbocycles. The zero-order valence-corrected chi connectivity index (χ0v) is 21.0. The smallest absolute Gasteiger partial charge is 0.311 e. The van der Waals surface area contributed by atoms with Gasteiger partial charge in [-0.1, -0.05) is 0 Å². The second-order valence-corrected chi connectivity index (χ2v) is 10.00. The summed E-state index contributed by atoms with van der Waals surface area (Å²) in [5.74, 6) is -1.29. The van der Waals surface area contributed by atoms with Crippen molar-refractivity contribution in [3.8, 4) is 22.5 Å². The summed E-state index contributed by atoms with van der Waals surface area (Å²) in [4.78, 5) is 38.9. The van der Waals surface area contributed by atoms with E-state index >= 15 is 0 Å². The van der Waals surface area contributed by atoms with Crippen LogP contribution in [0.2, 0.25) is 0 Å². The lowest BCUT2D eigenvalue weighted by Crippen LogP contribution is -2.59. The molecule has 1 unspecified atom stereocenters. The number of imidazole rings is 1. The van der Waals surface area contributed by atoms with E-state index in [-0.39, 0.29) is 31.6 Å². The number of carbonyl (C=O) groups is 2. The molecule has 0 bridgehead atoms. The van der Waals surface area contributed by atoms with Crippen LogP contribution < -0.4 is 5.32 Å². The van der Waals surface area contributed by atoms with Crippen molar-refractivity contribution < 1.29 is 28.6 Å². The molecule has 2 aliphatic rings. The van der Waals surface area contributed by atoms with Crippen LogP contribution in [0.3, 0.4) is 0 Å². The van der Waals surface area contributed by atoms with Crippen molar-refractivity contribution in [2.24, 2.45) is 5.92 Å². The highest BCUT2D eigenvalue weighted by Crippen LogP contribution is 2.34. The van der Waals surface area contributed by atoms with Crippen molar-refractivity contribution in [3.05, 3.63) is 60.4 Å². The third-order valence-corrected chi connectivity index (χ3v) is 6.81. The molecule has 0 saturated carbocycles. The van der Waals surface area contributed by atoms with Gasteiger partial charge in [-0.3, -0.25) is 14.6 Å². The van der Waals surface area contributed by atoms with Crippen LogP contribution in [-0.4, -0.2) is 75.2 Å². The number of rotatable bonds is 5. The summed E-state index contributed by atoms with van der Waals surface area (Å²) < 4.78 is 25.4. The third-order valence-electron chi connectivity index (χ3n) is 6.81. The Morgan fingerprint density at radius 3 is 2.55 bits per heavy atom. The van der Waals surface area contributed by atoms with E-state index < -0.39 is 23.6 Å². The number of carbonyl (C=O) groups excluding carboxylic acids is 2. The van der Waals surface area contributed by atoms with Crippen molar-refractivity contribution in [1.82, 2.24) is 25.2 Å². The molecule has 4 heterocycles. The molecule has 0 spiro atoms. The van der Waals surface area contributed by atoms with Gasteiger partial charge in [-0.05, 0) is 62.1 Å². The van der Waals surface area contributed by atoms with Gasteiger partial charge in [-0.25, -0.2) is 9.37 Å². The Morgan fingerprint density at radius 2 is 1.87 bits per heavy atom. The first-order chi connectivity index (χ1) is 18.3. The molecule has 2 aromatic heterocycles. The number of halogens is 1. The van der Waals surface area contributed by atoms with Crippen molar-refractivity contribution in [2.75, 3.05) is 32.9 Å². The SMILES string of the molecule is CC1(NC(=O)C(=O)N2CCCC(CO)C2)COC(c2nc(-c3ccc(F)cc3)c(-c3ccncc3)[nH]2)OC1. The molecule has 5 rings (SSSR count). The number of benzene rings is 1. The number of nitrogens with zero attached hydrogens (tertiary/aromatic N) is 3. The van der Waals surface area contributed by atoms with Crippen molar-refractivity contribution in [3.63, 3.8) is 0 Å². The number of aromatic amines is 1. The fourth-order valence-electron chi connectivity index (χ4n) is 4.76. The van der Waals surface area contributed by atoms with Gasteiger partial charge in [0.25, 0.3) is 0 Å². The lowest BCUT2D eigenvalue weighted by molar-refractivity contribution is -0.217. The number of hydrogen-bond donors (Lipinski definition) is 3. The van der Waals surface area contributed by atoms with Gasteiger partial charge in [0.2, 0.25) is 6.29 Å². The summed E-state index contributed by atoms with van der Waals surface area (Å²) in [6.07, 6.45) is 4.08. The Labute approximate surface area is 219 Å². The van der Waals surface area contributed by atoms with Gasteiger partial charge < -0.3 is 29.8 Å². The van der Waals surface area contributed by atoms with E-state index in [2.05, 4.69) is 15.3 Å². The van der Waals surface area contributed by atoms with Crippen LogP contribution in [-0.2, 0) is 19.1 Å². The maximum Gasteiger partial charge on any atom is 0.311 e. The Balaban J connectivity index is 1.28. The van der Waals surface area contributed by atoms with Gasteiger partial charge >= 0.3 is 11.8 Å². The van der Waals surface area contributed by atoms with Crippen molar-refractivity contribution in [1.29, 1.82) is 0 Å². The minimum Gasteiger partial charge on any atom is -0.396 e. The van der Waals surface area contributed by atoms with Crippen LogP contribution in [0.15, 0.2) is 48.8 Å². The molecule has 2 aliphatic heterocycles. The van der Waals surface area contributed by atoms with Crippen molar-refractivity contribution >= 4 is 11.8 Å². The molecule has 200 valence electrons. The number of pyridine rings is 1. The average Bonchev–Trinajstić information content (AvgIpc) is 3.39. The van der Waals surface area contributed by atoms with Gasteiger partial charge in [0, 0.05) is 43.2 Å². The number of H-pyrrole nitrogens is 1. The Bertz CT molecular complexity index is 1270. The number of piperidine rings is 1. The van der Waals surface area contributed by atoms with E-state index in [9.17, 15) is 19.1 Å². The molecule has 3 aromatic rings. The molecule has 0 radical (unpaired) electrons. The zero-order chi connectivity index (χ0) is 26.7. The van der Waals surface area contributed by atoms with Crippen LogP contribution in [0.25, 0.3) is 22.5 Å². The fourth-order valence-corrected chi connectivity index (χ4v) is 4.76. The average molecular weight is 524 g/mol. The first-order valence-electron chi connectivity index (χ1n) is 12.6. The monoisotopic (exact) mass is 523 g/mol. The van der Waals surface area contributed by atoms with Crippen LogP contribution in [0, 0.1) is 11.7 Å². The quantitative estimate of drug-likeness (QED) is 0.438. The predicted molar refractivity (Wildman–Crippen MR) is 135 cm³/mol. The highest BCUT2D eigenvalue weighted by atomic mass is 19.1. The lowest BCUT2D eigenvalue weighted by Gasteiger charge is -2.38. The van der Waals surface area contributed by atoms with Gasteiger partial charge in [-0.2, -0.15) is 0 Å². The molecule has 1 atom stereocenters. The Kier molecular flexibility index (Phi) is 7.50. The van der Waals surface area contributed by atoms with E-state index in [1.165, 1.54) is 17.0 Å². The second kappa shape index (κ2) is 11.0. The number of likely N-dealkylation sites (tertiary alicyclic amines) is 1. The minimum atomic E-state index is -0.921. The van der Waals surface area contributed by atoms with Gasteiger partial charge in [-0.15, -0.1) is 0 Å². The van der Waals surface area contributed by atoms with E-state index in [0.717, 1.165) is 18.4 Å². The number of nitrogens with one attached hydrogen (secondary N) is 2. The lowest BCUT2D eigenvalue weighted by atomic mass is 9.99. The van der Waals surface area contributed by atoms with Gasteiger partial charge in [0.1, 0.15) is 5.82 Å². The van der Waals surface area contributed by atoms with Crippen LogP contribution in [0.1, 0.15) is 31.9 Å². The zero-order valence-electron chi connectivity index (χ0n) is 21.0. The minimum absolute atomic E-state index is 0.00921. The molecule has 1 aromatic carbocycles. The molecular weight excluding hydrogens is 493 g/mol. The summed E-state index contributed by atoms with van der Waals surface area (Å²) in [5.41, 5.74) is 1.94. The number of amides is 2. The molecule has 11 heteroatoms. The summed E-state index contributed by atoms with van der Waals surface area (Å²) in [6, 6.07) is 9.71. The van der Waals surface area contributed by atoms with Gasteiger partial charge in [0.15, 0.2) is 5.82 Å². The molecule has 3 N–H and O–H groups in total. The van der Waals surface area contributed by atoms with Crippen LogP contribution in [0.5, 0.6) is 0 Å². The van der Waals surface area contributed by atoms with Gasteiger partial charge in [0.05, 0.1) is 30.1 Å². The number of ether oxygens (including phenoxy) is 2. The third kappa shape index (κ3) is 5.59. The molecular formula is C27H30FN5O5. The number of aliphatic hydroxyl groups excluding tert-OH is 1. The molecule has 2 saturated heterocycles. The standard InChI is InChI=1S/C27H30FN5O5/c1-27(32-24(35)25(36)33-12-2-3-17(13-33)14-34)15-37-26(38-16-27)23-30-21(18-4-6-20(28)7-5-18)22(31-23)19-8-10-29-11-9-19/h4-11,17,26,34H,2-3,12-16H2,1H3,(H,30,31)(H,32,35).